The molecule has 3 aromatic rings. The first kappa shape index (κ1) is 17.6. The van der Waals surface area contributed by atoms with Crippen molar-refractivity contribution in [3.05, 3.63) is 58.8 Å². The Morgan fingerprint density at radius 3 is 2.36 bits per heavy atom. The molecule has 1 heterocycles. The first-order valence-electron chi connectivity index (χ1n) is 7.43. The average molecular weight is 425 g/mol. The van der Waals surface area contributed by atoms with Gasteiger partial charge < -0.3 is 9.73 Å². The molecule has 0 aliphatic rings. The van der Waals surface area contributed by atoms with Crippen molar-refractivity contribution >= 4 is 31.7 Å². The lowest BCUT2D eigenvalue weighted by Gasteiger charge is -2.04. The van der Waals surface area contributed by atoms with Crippen LogP contribution in [0.4, 0.5) is 10.3 Å². The van der Waals surface area contributed by atoms with Crippen LogP contribution in [0.3, 0.4) is 0 Å². The van der Waals surface area contributed by atoms with Gasteiger partial charge in [-0.05, 0) is 55.5 Å². The molecule has 0 radical (unpaired) electrons. The van der Waals surface area contributed by atoms with Crippen molar-refractivity contribution in [2.45, 2.75) is 16.8 Å². The molecule has 0 aliphatic heterocycles. The highest BCUT2D eigenvalue weighted by atomic mass is 79.9. The van der Waals surface area contributed by atoms with E-state index in [0.29, 0.717) is 12.1 Å². The highest BCUT2D eigenvalue weighted by molar-refractivity contribution is 9.10. The molecule has 5 nitrogen and oxygen atoms in total. The second kappa shape index (κ2) is 6.97. The molecule has 0 aliphatic carbocycles. The van der Waals surface area contributed by atoms with E-state index >= 15 is 0 Å². The fraction of sp³-hybridized carbons (Fsp3) is 0.118. The zero-order valence-electron chi connectivity index (χ0n) is 13.2. The number of rotatable bonds is 5. The molecule has 0 amide bonds. The minimum Gasteiger partial charge on any atom is -0.419 e. The van der Waals surface area contributed by atoms with Crippen molar-refractivity contribution < 1.29 is 17.2 Å². The minimum absolute atomic E-state index is 0.0521. The Hall–Kier alpha value is -2.19. The summed E-state index contributed by atoms with van der Waals surface area (Å²) >= 11 is 3.34. The van der Waals surface area contributed by atoms with Gasteiger partial charge in [0.1, 0.15) is 5.82 Å². The smallest absolute Gasteiger partial charge is 0.233 e. The fourth-order valence-electron chi connectivity index (χ4n) is 2.20. The Morgan fingerprint density at radius 2 is 1.76 bits per heavy atom. The Morgan fingerprint density at radius 1 is 1.12 bits per heavy atom. The van der Waals surface area contributed by atoms with Crippen LogP contribution >= 0.6 is 15.9 Å². The number of aromatic nitrogens is 1. The largest absolute Gasteiger partial charge is 0.419 e. The Balaban J connectivity index is 2.11. The van der Waals surface area contributed by atoms with Crippen LogP contribution in [0.5, 0.6) is 0 Å². The Labute approximate surface area is 152 Å². The van der Waals surface area contributed by atoms with Crippen LogP contribution in [-0.4, -0.2) is 19.9 Å². The molecular weight excluding hydrogens is 411 g/mol. The van der Waals surface area contributed by atoms with E-state index in [4.69, 9.17) is 4.42 Å². The van der Waals surface area contributed by atoms with Crippen molar-refractivity contribution in [3.63, 3.8) is 0 Å². The van der Waals surface area contributed by atoms with Gasteiger partial charge in [0.2, 0.25) is 26.6 Å². The Bertz CT molecular complexity index is 984. The molecule has 0 unspecified atom stereocenters. The first-order chi connectivity index (χ1) is 11.9. The van der Waals surface area contributed by atoms with E-state index in [1.54, 1.807) is 24.3 Å². The lowest BCUT2D eigenvalue weighted by molar-refractivity contribution is 0.578. The monoisotopic (exact) mass is 424 g/mol. The zero-order valence-corrected chi connectivity index (χ0v) is 15.6. The molecule has 3 rings (SSSR count). The third-order valence-electron chi connectivity index (χ3n) is 3.40. The van der Waals surface area contributed by atoms with E-state index in [-0.39, 0.29) is 21.7 Å². The van der Waals surface area contributed by atoms with Gasteiger partial charge in [-0.3, -0.25) is 0 Å². The first-order valence-corrected chi connectivity index (χ1v) is 9.70. The zero-order chi connectivity index (χ0) is 18.0. The van der Waals surface area contributed by atoms with Gasteiger partial charge in [-0.15, -0.1) is 0 Å². The second-order valence-corrected chi connectivity index (χ2v) is 7.93. The summed E-state index contributed by atoms with van der Waals surface area (Å²) in [7, 11) is -3.95. The van der Waals surface area contributed by atoms with Crippen molar-refractivity contribution in [1.29, 1.82) is 0 Å². The van der Waals surface area contributed by atoms with Gasteiger partial charge in [0, 0.05) is 16.6 Å². The maximum absolute atomic E-state index is 13.1. The van der Waals surface area contributed by atoms with E-state index in [1.165, 1.54) is 12.1 Å². The summed E-state index contributed by atoms with van der Waals surface area (Å²) in [5.41, 5.74) is 0.642. The number of hydrogen-bond acceptors (Lipinski definition) is 5. The van der Waals surface area contributed by atoms with Crippen LogP contribution < -0.4 is 5.32 Å². The third-order valence-corrected chi connectivity index (χ3v) is 5.61. The normalized spacial score (nSPS) is 11.5. The third kappa shape index (κ3) is 3.59. The summed E-state index contributed by atoms with van der Waals surface area (Å²) in [5, 5.41) is 2.65. The quantitative estimate of drug-likeness (QED) is 0.610. The molecule has 8 heteroatoms. The average Bonchev–Trinajstić information content (AvgIpc) is 3.01. The predicted octanol–water partition coefficient (Wildman–Crippen LogP) is 4.51. The summed E-state index contributed by atoms with van der Waals surface area (Å²) in [4.78, 5) is 4.12. The van der Waals surface area contributed by atoms with Gasteiger partial charge in [-0.2, -0.15) is 4.98 Å². The van der Waals surface area contributed by atoms with Crippen LogP contribution in [0.1, 0.15) is 6.92 Å². The van der Waals surface area contributed by atoms with Crippen molar-refractivity contribution in [3.8, 4) is 11.5 Å². The molecule has 2 aromatic carbocycles. The standard InChI is InChI=1S/C17H14BrFN2O3S/c1-2-20-16-17(25(22,23)14-9-7-13(19)8-10-14)21-15(24-16)11-3-5-12(18)6-4-11/h3-10,20H,2H2,1H3. The van der Waals surface area contributed by atoms with Gasteiger partial charge in [0.25, 0.3) is 0 Å². The summed E-state index contributed by atoms with van der Waals surface area (Å²) < 4.78 is 45.3. The molecule has 25 heavy (non-hydrogen) atoms. The molecule has 1 N–H and O–H groups in total. The Kier molecular flexibility index (Phi) is 4.91. The topological polar surface area (TPSA) is 72.2 Å². The van der Waals surface area contributed by atoms with Gasteiger partial charge in [-0.1, -0.05) is 15.9 Å². The molecule has 0 fully saturated rings. The molecule has 1 aromatic heterocycles. The number of hydrogen-bond donors (Lipinski definition) is 1. The van der Waals surface area contributed by atoms with Gasteiger partial charge in [0.15, 0.2) is 0 Å². The van der Waals surface area contributed by atoms with Gasteiger partial charge in [-0.25, -0.2) is 12.8 Å². The van der Waals surface area contributed by atoms with Crippen LogP contribution in [0.15, 0.2) is 67.3 Å². The summed E-state index contributed by atoms with van der Waals surface area (Å²) in [6.07, 6.45) is 0. The lowest BCUT2D eigenvalue weighted by Crippen LogP contribution is -2.07. The van der Waals surface area contributed by atoms with Crippen molar-refractivity contribution in [1.82, 2.24) is 4.98 Å². The molecular formula is C17H14BrFN2O3S. The molecule has 0 saturated heterocycles. The number of benzene rings is 2. The number of sulfone groups is 1. The van der Waals surface area contributed by atoms with Crippen LogP contribution in [0.25, 0.3) is 11.5 Å². The molecule has 0 atom stereocenters. The second-order valence-electron chi connectivity index (χ2n) is 5.15. The van der Waals surface area contributed by atoms with Gasteiger partial charge >= 0.3 is 0 Å². The van der Waals surface area contributed by atoms with E-state index in [9.17, 15) is 12.8 Å². The van der Waals surface area contributed by atoms with E-state index in [0.717, 1.165) is 16.6 Å². The number of nitrogens with zero attached hydrogens (tertiary/aromatic N) is 1. The number of halogens is 2. The maximum atomic E-state index is 13.1. The molecule has 130 valence electrons. The van der Waals surface area contributed by atoms with Crippen LogP contribution in [0, 0.1) is 5.82 Å². The van der Waals surface area contributed by atoms with E-state index in [1.807, 2.05) is 6.92 Å². The highest BCUT2D eigenvalue weighted by Crippen LogP contribution is 2.32. The number of oxazole rings is 1. The summed E-state index contributed by atoms with van der Waals surface area (Å²) in [5.74, 6) is -0.268. The minimum atomic E-state index is -3.95. The fourth-order valence-corrected chi connectivity index (χ4v) is 3.74. The SMILES string of the molecule is CCNc1oc(-c2ccc(Br)cc2)nc1S(=O)(=O)c1ccc(F)cc1. The van der Waals surface area contributed by atoms with E-state index in [2.05, 4.69) is 26.2 Å². The number of nitrogens with one attached hydrogen (secondary N) is 1. The lowest BCUT2D eigenvalue weighted by atomic mass is 10.2. The highest BCUT2D eigenvalue weighted by Gasteiger charge is 2.28. The molecule has 0 spiro atoms. The molecule has 0 bridgehead atoms. The number of anilines is 1. The van der Waals surface area contributed by atoms with Gasteiger partial charge in [0.05, 0.1) is 4.90 Å². The summed E-state index contributed by atoms with van der Waals surface area (Å²) in [6, 6.07) is 11.7. The van der Waals surface area contributed by atoms with E-state index < -0.39 is 15.7 Å². The van der Waals surface area contributed by atoms with Crippen LogP contribution in [0.2, 0.25) is 0 Å². The maximum Gasteiger partial charge on any atom is 0.233 e. The predicted molar refractivity (Wildman–Crippen MR) is 95.7 cm³/mol. The summed E-state index contributed by atoms with van der Waals surface area (Å²) in [6.45, 7) is 2.27. The van der Waals surface area contributed by atoms with Crippen molar-refractivity contribution in [2.24, 2.45) is 0 Å². The molecule has 0 saturated carbocycles. The van der Waals surface area contributed by atoms with Crippen molar-refractivity contribution in [2.75, 3.05) is 11.9 Å². The van der Waals surface area contributed by atoms with Crippen LogP contribution in [-0.2, 0) is 9.84 Å².